The van der Waals surface area contributed by atoms with Crippen molar-refractivity contribution in [3.05, 3.63) is 54.3 Å². The molecule has 1 amide bonds. The third-order valence-electron chi connectivity index (χ3n) is 4.41. The summed E-state index contributed by atoms with van der Waals surface area (Å²) in [6, 6.07) is 13.5. The maximum Gasteiger partial charge on any atom is 0.252 e. The number of furan rings is 1. The van der Waals surface area contributed by atoms with E-state index in [9.17, 15) is 4.79 Å². The number of carbonyl (C=O) groups is 1. The molecule has 1 aliphatic rings. The molecule has 24 heavy (non-hydrogen) atoms. The Labute approximate surface area is 140 Å². The van der Waals surface area contributed by atoms with E-state index in [-0.39, 0.29) is 5.91 Å². The number of pyridine rings is 1. The Morgan fingerprint density at radius 3 is 3.00 bits per heavy atom. The first-order valence-corrected chi connectivity index (χ1v) is 8.26. The first-order chi connectivity index (χ1) is 11.8. The molecule has 0 radical (unpaired) electrons. The molecule has 1 saturated heterocycles. The summed E-state index contributed by atoms with van der Waals surface area (Å²) in [4.78, 5) is 17.4. The zero-order chi connectivity index (χ0) is 16.4. The molecule has 5 nitrogen and oxygen atoms in total. The number of fused-ring (bicyclic) bond motifs is 1. The van der Waals surface area contributed by atoms with Crippen LogP contribution in [0.15, 0.2) is 53.1 Å². The van der Waals surface area contributed by atoms with Crippen LogP contribution in [-0.4, -0.2) is 30.0 Å². The van der Waals surface area contributed by atoms with E-state index < -0.39 is 0 Å². The molecule has 0 spiro atoms. The largest absolute Gasteiger partial charge is 0.463 e. The quantitative estimate of drug-likeness (QED) is 0.775. The first-order valence-electron chi connectivity index (χ1n) is 8.26. The van der Waals surface area contributed by atoms with Gasteiger partial charge in [-0.15, -0.1) is 0 Å². The summed E-state index contributed by atoms with van der Waals surface area (Å²) >= 11 is 0. The summed E-state index contributed by atoms with van der Waals surface area (Å²) in [5.74, 6) is 0.586. The summed E-state index contributed by atoms with van der Waals surface area (Å²) in [6.45, 7) is 1.67. The molecule has 1 unspecified atom stereocenters. The number of hydrogen-bond acceptors (Lipinski definition) is 4. The molecule has 3 heterocycles. The third kappa shape index (κ3) is 2.90. The molecule has 122 valence electrons. The van der Waals surface area contributed by atoms with Gasteiger partial charge in [0.15, 0.2) is 5.76 Å². The highest BCUT2D eigenvalue weighted by atomic mass is 16.3. The van der Waals surface area contributed by atoms with Crippen molar-refractivity contribution < 1.29 is 9.21 Å². The van der Waals surface area contributed by atoms with Crippen molar-refractivity contribution in [2.45, 2.75) is 18.9 Å². The number of rotatable bonds is 4. The van der Waals surface area contributed by atoms with Crippen molar-refractivity contribution in [2.75, 3.05) is 13.1 Å². The van der Waals surface area contributed by atoms with Crippen LogP contribution in [0.1, 0.15) is 23.2 Å². The molecule has 5 heteroatoms. The number of benzene rings is 1. The van der Waals surface area contributed by atoms with Crippen molar-refractivity contribution in [3.63, 3.8) is 0 Å². The Morgan fingerprint density at radius 2 is 2.21 bits per heavy atom. The lowest BCUT2D eigenvalue weighted by Crippen LogP contribution is -2.37. The highest BCUT2D eigenvalue weighted by Crippen LogP contribution is 2.25. The van der Waals surface area contributed by atoms with Gasteiger partial charge in [0.1, 0.15) is 5.69 Å². The van der Waals surface area contributed by atoms with Gasteiger partial charge in [0.05, 0.1) is 17.3 Å². The van der Waals surface area contributed by atoms with E-state index in [4.69, 9.17) is 4.42 Å². The maximum absolute atomic E-state index is 12.7. The van der Waals surface area contributed by atoms with E-state index in [1.807, 2.05) is 36.4 Å². The highest BCUT2D eigenvalue weighted by Gasteiger charge is 2.18. The average Bonchev–Trinajstić information content (AvgIpc) is 3.32. The van der Waals surface area contributed by atoms with Crippen LogP contribution in [0.2, 0.25) is 0 Å². The van der Waals surface area contributed by atoms with E-state index in [1.54, 1.807) is 12.3 Å². The predicted octanol–water partition coefficient (Wildman–Crippen LogP) is 2.98. The lowest BCUT2D eigenvalue weighted by atomic mass is 10.1. The Balaban J connectivity index is 1.68. The zero-order valence-corrected chi connectivity index (χ0v) is 13.3. The molecule has 0 bridgehead atoms. The summed E-state index contributed by atoms with van der Waals surface area (Å²) in [5, 5.41) is 7.29. The highest BCUT2D eigenvalue weighted by molar-refractivity contribution is 6.07. The van der Waals surface area contributed by atoms with Gasteiger partial charge in [0, 0.05) is 18.0 Å². The number of carbonyl (C=O) groups excluding carboxylic acids is 1. The molecule has 0 aliphatic carbocycles. The van der Waals surface area contributed by atoms with Gasteiger partial charge in [0.2, 0.25) is 0 Å². The predicted molar refractivity (Wildman–Crippen MR) is 92.8 cm³/mol. The van der Waals surface area contributed by atoms with Crippen molar-refractivity contribution in [3.8, 4) is 11.5 Å². The van der Waals surface area contributed by atoms with Crippen LogP contribution in [0, 0.1) is 0 Å². The third-order valence-corrected chi connectivity index (χ3v) is 4.41. The van der Waals surface area contributed by atoms with Crippen molar-refractivity contribution in [1.29, 1.82) is 0 Å². The molecule has 1 aliphatic heterocycles. The Hall–Kier alpha value is -2.66. The average molecular weight is 321 g/mol. The minimum absolute atomic E-state index is 0.0740. The van der Waals surface area contributed by atoms with E-state index in [0.717, 1.165) is 23.9 Å². The minimum atomic E-state index is -0.0740. The van der Waals surface area contributed by atoms with E-state index in [0.29, 0.717) is 29.6 Å². The summed E-state index contributed by atoms with van der Waals surface area (Å²) < 4.78 is 5.44. The molecular weight excluding hydrogens is 302 g/mol. The van der Waals surface area contributed by atoms with Gasteiger partial charge in [0.25, 0.3) is 5.91 Å². The normalized spacial score (nSPS) is 17.2. The van der Waals surface area contributed by atoms with Crippen LogP contribution in [0.3, 0.4) is 0 Å². The molecule has 4 rings (SSSR count). The summed E-state index contributed by atoms with van der Waals surface area (Å²) in [5.41, 5.74) is 2.09. The smallest absolute Gasteiger partial charge is 0.252 e. The monoisotopic (exact) mass is 321 g/mol. The Kier molecular flexibility index (Phi) is 4.01. The number of nitrogens with zero attached hydrogens (tertiary/aromatic N) is 1. The van der Waals surface area contributed by atoms with E-state index in [2.05, 4.69) is 15.6 Å². The summed E-state index contributed by atoms with van der Waals surface area (Å²) in [6.07, 6.45) is 3.88. The fourth-order valence-electron chi connectivity index (χ4n) is 3.16. The molecule has 1 aromatic carbocycles. The van der Waals surface area contributed by atoms with Crippen LogP contribution < -0.4 is 10.6 Å². The second kappa shape index (κ2) is 6.45. The van der Waals surface area contributed by atoms with Crippen LogP contribution in [-0.2, 0) is 0 Å². The van der Waals surface area contributed by atoms with Gasteiger partial charge in [-0.2, -0.15) is 0 Å². The number of aromatic nitrogens is 1. The van der Waals surface area contributed by atoms with Crippen molar-refractivity contribution in [1.82, 2.24) is 15.6 Å². The lowest BCUT2D eigenvalue weighted by molar-refractivity contribution is 0.0952. The minimum Gasteiger partial charge on any atom is -0.463 e. The lowest BCUT2D eigenvalue weighted by Gasteiger charge is -2.13. The van der Waals surface area contributed by atoms with Gasteiger partial charge in [-0.25, -0.2) is 4.98 Å². The topological polar surface area (TPSA) is 67.2 Å². The van der Waals surface area contributed by atoms with Crippen molar-refractivity contribution >= 4 is 16.8 Å². The van der Waals surface area contributed by atoms with Gasteiger partial charge in [-0.1, -0.05) is 18.2 Å². The van der Waals surface area contributed by atoms with Crippen LogP contribution in [0.25, 0.3) is 22.4 Å². The maximum atomic E-state index is 12.7. The number of hydrogen-bond donors (Lipinski definition) is 2. The number of para-hydroxylation sites is 1. The van der Waals surface area contributed by atoms with Gasteiger partial charge in [-0.05, 0) is 43.7 Å². The van der Waals surface area contributed by atoms with Gasteiger partial charge < -0.3 is 15.1 Å². The van der Waals surface area contributed by atoms with E-state index in [1.165, 1.54) is 6.42 Å². The molecule has 0 saturated carbocycles. The van der Waals surface area contributed by atoms with E-state index >= 15 is 0 Å². The van der Waals surface area contributed by atoms with Gasteiger partial charge in [-0.3, -0.25) is 4.79 Å². The van der Waals surface area contributed by atoms with Crippen LogP contribution in [0.5, 0.6) is 0 Å². The fraction of sp³-hybridized carbons (Fsp3) is 0.263. The van der Waals surface area contributed by atoms with Crippen molar-refractivity contribution in [2.24, 2.45) is 0 Å². The SMILES string of the molecule is O=C(NCC1CCCN1)c1cc(-c2ccco2)nc2ccccc12. The second-order valence-corrected chi connectivity index (χ2v) is 6.05. The molecular formula is C19H19N3O2. The molecule has 1 fully saturated rings. The van der Waals surface area contributed by atoms with Crippen LogP contribution >= 0.6 is 0 Å². The van der Waals surface area contributed by atoms with Crippen LogP contribution in [0.4, 0.5) is 0 Å². The molecule has 3 aromatic rings. The standard InChI is InChI=1S/C19H19N3O2/c23-19(21-12-13-5-3-9-20-13)15-11-17(18-8-4-10-24-18)22-16-7-2-1-6-14(15)16/h1-2,4,6-8,10-11,13,20H,3,5,9,12H2,(H,21,23). The number of amides is 1. The molecule has 2 N–H and O–H groups in total. The zero-order valence-electron chi connectivity index (χ0n) is 13.3. The van der Waals surface area contributed by atoms with Gasteiger partial charge >= 0.3 is 0 Å². The fourth-order valence-corrected chi connectivity index (χ4v) is 3.16. The number of nitrogens with one attached hydrogen (secondary N) is 2. The Bertz CT molecular complexity index is 852. The molecule has 2 aromatic heterocycles. The Morgan fingerprint density at radius 1 is 1.29 bits per heavy atom. The molecule has 1 atom stereocenters. The summed E-state index contributed by atoms with van der Waals surface area (Å²) in [7, 11) is 0. The second-order valence-electron chi connectivity index (χ2n) is 6.05. The first kappa shape index (κ1) is 14.9.